The first-order chi connectivity index (χ1) is 14.6. The molecular weight excluding hydrogens is 462 g/mol. The van der Waals surface area contributed by atoms with Crippen LogP contribution in [0.4, 0.5) is 10.5 Å². The molecule has 0 bridgehead atoms. The third-order valence-electron chi connectivity index (χ3n) is 3.80. The normalized spacial score (nSPS) is 11.1. The van der Waals surface area contributed by atoms with E-state index in [4.69, 9.17) is 4.74 Å². The van der Waals surface area contributed by atoms with Gasteiger partial charge in [-0.25, -0.2) is 4.79 Å². The first kappa shape index (κ1) is 24.1. The molecule has 0 heterocycles. The molecule has 2 aromatic carbocycles. The Labute approximate surface area is 190 Å². The molecule has 0 saturated heterocycles. The minimum absolute atomic E-state index is 0.189. The summed E-state index contributed by atoms with van der Waals surface area (Å²) in [6, 6.07) is 14.7. The van der Waals surface area contributed by atoms with Gasteiger partial charge in [-0.2, -0.15) is 0 Å². The molecule has 3 amide bonds. The van der Waals surface area contributed by atoms with Crippen molar-refractivity contribution < 1.29 is 19.1 Å². The molecule has 2 aromatic rings. The molecule has 0 aliphatic rings. The number of alkyl carbamates (subject to hydrolysis) is 1. The summed E-state index contributed by atoms with van der Waals surface area (Å²) < 4.78 is 5.98. The van der Waals surface area contributed by atoms with E-state index in [-0.39, 0.29) is 24.9 Å². The first-order valence-electron chi connectivity index (χ1n) is 9.68. The summed E-state index contributed by atoms with van der Waals surface area (Å²) in [5.74, 6) is -0.616. The Bertz CT molecular complexity index is 967. The van der Waals surface area contributed by atoms with Crippen LogP contribution in [0.1, 0.15) is 31.9 Å². The Kier molecular flexibility index (Phi) is 8.81. The fourth-order valence-electron chi connectivity index (χ4n) is 2.45. The minimum Gasteiger partial charge on any atom is -0.444 e. The van der Waals surface area contributed by atoms with Crippen LogP contribution >= 0.6 is 15.9 Å². The van der Waals surface area contributed by atoms with E-state index in [2.05, 4.69) is 31.9 Å². The van der Waals surface area contributed by atoms with E-state index in [0.29, 0.717) is 5.69 Å². The molecule has 7 nitrogen and oxygen atoms in total. The molecular formula is C23H26BrN3O4. The lowest BCUT2D eigenvalue weighted by Crippen LogP contribution is -2.39. The molecule has 164 valence electrons. The Balaban J connectivity index is 1.82. The van der Waals surface area contributed by atoms with Gasteiger partial charge in [0.1, 0.15) is 12.1 Å². The van der Waals surface area contributed by atoms with Gasteiger partial charge in [-0.15, -0.1) is 0 Å². The van der Waals surface area contributed by atoms with Gasteiger partial charge in [-0.05, 0) is 56.2 Å². The second-order valence-corrected chi connectivity index (χ2v) is 8.53. The highest BCUT2D eigenvalue weighted by molar-refractivity contribution is 9.10. The number of anilines is 1. The van der Waals surface area contributed by atoms with Crippen molar-refractivity contribution >= 4 is 45.6 Å². The quantitative estimate of drug-likeness (QED) is 0.508. The summed E-state index contributed by atoms with van der Waals surface area (Å²) in [5, 5.41) is 7.91. The molecule has 0 atom stereocenters. The predicted molar refractivity (Wildman–Crippen MR) is 124 cm³/mol. The molecule has 0 radical (unpaired) electrons. The molecule has 0 fully saturated rings. The molecule has 31 heavy (non-hydrogen) atoms. The van der Waals surface area contributed by atoms with Crippen LogP contribution in [-0.2, 0) is 20.9 Å². The number of hydrogen-bond acceptors (Lipinski definition) is 4. The molecule has 8 heteroatoms. The molecule has 0 spiro atoms. The van der Waals surface area contributed by atoms with E-state index in [0.717, 1.165) is 15.6 Å². The van der Waals surface area contributed by atoms with Crippen molar-refractivity contribution in [2.24, 2.45) is 0 Å². The van der Waals surface area contributed by atoms with Gasteiger partial charge in [-0.1, -0.05) is 46.3 Å². The van der Waals surface area contributed by atoms with Crippen molar-refractivity contribution in [2.45, 2.75) is 32.9 Å². The maximum atomic E-state index is 12.2. The second-order valence-electron chi connectivity index (χ2n) is 7.68. The van der Waals surface area contributed by atoms with Crippen LogP contribution in [0.25, 0.3) is 6.08 Å². The summed E-state index contributed by atoms with van der Waals surface area (Å²) in [6.07, 6.45) is 2.53. The van der Waals surface area contributed by atoms with Crippen molar-refractivity contribution in [2.75, 3.05) is 11.9 Å². The van der Waals surface area contributed by atoms with Crippen LogP contribution in [0, 0.1) is 0 Å². The highest BCUT2D eigenvalue weighted by atomic mass is 79.9. The number of carbonyl (C=O) groups is 3. The third kappa shape index (κ3) is 9.48. The van der Waals surface area contributed by atoms with Crippen molar-refractivity contribution in [3.63, 3.8) is 0 Å². The first-order valence-corrected chi connectivity index (χ1v) is 10.5. The minimum atomic E-state index is -0.650. The third-order valence-corrected chi connectivity index (χ3v) is 4.52. The van der Waals surface area contributed by atoms with Gasteiger partial charge in [0.25, 0.3) is 0 Å². The summed E-state index contributed by atoms with van der Waals surface area (Å²) in [6.45, 7) is 5.30. The Morgan fingerprint density at radius 3 is 2.48 bits per heavy atom. The van der Waals surface area contributed by atoms with Crippen LogP contribution in [0.3, 0.4) is 0 Å². The number of benzene rings is 2. The number of hydrogen-bond donors (Lipinski definition) is 3. The van der Waals surface area contributed by atoms with Crippen molar-refractivity contribution in [1.29, 1.82) is 0 Å². The summed E-state index contributed by atoms with van der Waals surface area (Å²) in [5.41, 5.74) is 1.69. The highest BCUT2D eigenvalue weighted by Gasteiger charge is 2.16. The van der Waals surface area contributed by atoms with E-state index in [9.17, 15) is 14.4 Å². The van der Waals surface area contributed by atoms with Crippen molar-refractivity contribution in [3.05, 3.63) is 70.2 Å². The van der Waals surface area contributed by atoms with Crippen LogP contribution < -0.4 is 16.0 Å². The van der Waals surface area contributed by atoms with Crippen LogP contribution in [0.15, 0.2) is 59.1 Å². The van der Waals surface area contributed by atoms with Crippen molar-refractivity contribution in [3.8, 4) is 0 Å². The van der Waals surface area contributed by atoms with E-state index >= 15 is 0 Å². The van der Waals surface area contributed by atoms with E-state index in [1.54, 1.807) is 45.0 Å². The number of carbonyl (C=O) groups excluding carboxylic acids is 3. The molecule has 0 aliphatic heterocycles. The predicted octanol–water partition coefficient (Wildman–Crippen LogP) is 4.24. The molecule has 2 rings (SSSR count). The Morgan fingerprint density at radius 2 is 1.77 bits per heavy atom. The number of ether oxygens (including phenoxy) is 1. The monoisotopic (exact) mass is 487 g/mol. The fraction of sp³-hybridized carbons (Fsp3) is 0.261. The smallest absolute Gasteiger partial charge is 0.408 e. The number of rotatable bonds is 7. The maximum absolute atomic E-state index is 12.2. The molecule has 3 N–H and O–H groups in total. The van der Waals surface area contributed by atoms with Gasteiger partial charge >= 0.3 is 6.09 Å². The van der Waals surface area contributed by atoms with Crippen LogP contribution in [0.5, 0.6) is 0 Å². The van der Waals surface area contributed by atoms with E-state index < -0.39 is 11.7 Å². The summed E-state index contributed by atoms with van der Waals surface area (Å²) in [4.78, 5) is 35.7. The largest absolute Gasteiger partial charge is 0.444 e. The SMILES string of the molecule is CC(C)(C)OC(=O)NCC(=O)NCc1cccc(NC(=O)/C=C/c2ccccc2Br)c1. The van der Waals surface area contributed by atoms with Crippen LogP contribution in [0.2, 0.25) is 0 Å². The maximum Gasteiger partial charge on any atom is 0.408 e. The van der Waals surface area contributed by atoms with Gasteiger partial charge in [0.15, 0.2) is 0 Å². The lowest BCUT2D eigenvalue weighted by Gasteiger charge is -2.19. The zero-order valence-corrected chi connectivity index (χ0v) is 19.3. The average molecular weight is 488 g/mol. The van der Waals surface area contributed by atoms with Gasteiger partial charge in [-0.3, -0.25) is 9.59 Å². The number of amides is 3. The zero-order valence-electron chi connectivity index (χ0n) is 17.7. The topological polar surface area (TPSA) is 96.5 Å². The van der Waals surface area contributed by atoms with Gasteiger partial charge in [0, 0.05) is 22.8 Å². The standard InChI is InChI=1S/C23H26BrN3O4/c1-23(2,3)31-22(30)26-15-21(29)25-14-16-7-6-9-18(13-16)27-20(28)12-11-17-8-4-5-10-19(17)24/h4-13H,14-15H2,1-3H3,(H,25,29)(H,26,30)(H,27,28)/b12-11+. The molecule has 0 saturated carbocycles. The number of nitrogens with one attached hydrogen (secondary N) is 3. The second kappa shape index (κ2) is 11.3. The Morgan fingerprint density at radius 1 is 1.03 bits per heavy atom. The molecule has 0 unspecified atom stereocenters. The fourth-order valence-corrected chi connectivity index (χ4v) is 2.87. The van der Waals surface area contributed by atoms with Gasteiger partial charge in [0.05, 0.1) is 0 Å². The van der Waals surface area contributed by atoms with E-state index in [1.165, 1.54) is 6.08 Å². The lowest BCUT2D eigenvalue weighted by atomic mass is 10.2. The van der Waals surface area contributed by atoms with E-state index in [1.807, 2.05) is 30.3 Å². The summed E-state index contributed by atoms with van der Waals surface area (Å²) in [7, 11) is 0. The van der Waals surface area contributed by atoms with Crippen molar-refractivity contribution in [1.82, 2.24) is 10.6 Å². The van der Waals surface area contributed by atoms with Gasteiger partial charge < -0.3 is 20.7 Å². The zero-order chi connectivity index (χ0) is 22.9. The van der Waals surface area contributed by atoms with Gasteiger partial charge in [0.2, 0.25) is 11.8 Å². The number of halogens is 1. The molecule has 0 aliphatic carbocycles. The van der Waals surface area contributed by atoms with Crippen LogP contribution in [-0.4, -0.2) is 30.1 Å². The lowest BCUT2D eigenvalue weighted by molar-refractivity contribution is -0.120. The highest BCUT2D eigenvalue weighted by Crippen LogP contribution is 2.17. The molecule has 0 aromatic heterocycles. The summed E-state index contributed by atoms with van der Waals surface area (Å²) >= 11 is 3.44. The Hall–Kier alpha value is -3.13. The average Bonchev–Trinajstić information content (AvgIpc) is 2.69.